The Labute approximate surface area is 92.5 Å². The summed E-state index contributed by atoms with van der Waals surface area (Å²) in [5.41, 5.74) is 1.70. The van der Waals surface area contributed by atoms with Crippen LogP contribution in [0.5, 0.6) is 0 Å². The highest BCUT2D eigenvalue weighted by Crippen LogP contribution is 2.39. The summed E-state index contributed by atoms with van der Waals surface area (Å²) in [6.07, 6.45) is 0. The van der Waals surface area contributed by atoms with E-state index in [1.54, 1.807) is 0 Å². The number of rotatable bonds is 0. The molecule has 0 aromatic rings. The molecule has 0 N–H and O–H groups in total. The molecule has 0 heterocycles. The molecule has 0 amide bonds. The lowest BCUT2D eigenvalue weighted by molar-refractivity contribution is 0.248. The fourth-order valence-electron chi connectivity index (χ4n) is 1.30. The molecule has 1 atom stereocenters. The third-order valence-corrected chi connectivity index (χ3v) is 4.54. The highest BCUT2D eigenvalue weighted by molar-refractivity contribution is 7.17. The van der Waals surface area contributed by atoms with Crippen molar-refractivity contribution in [1.29, 1.82) is 0 Å². The largest absolute Gasteiger partial charge is 0.673 e. The second-order valence-corrected chi connectivity index (χ2v) is 6.60. The molecule has 0 saturated carbocycles. The lowest BCUT2D eigenvalue weighted by Gasteiger charge is -2.33. The molecular formula is C9H22BF4P. The SMILES string of the molecule is CC(C)(C)C([PH3+])C(C)(C)C.F[B-](F)(F)F. The van der Waals surface area contributed by atoms with Crippen molar-refractivity contribution in [3.63, 3.8) is 0 Å². The van der Waals surface area contributed by atoms with Crippen molar-refractivity contribution in [3.8, 4) is 0 Å². The standard InChI is InChI=1S/C9H21P.BF4/c1-8(2,3)7(10)9(4,5)6;2-1(3,4)5/h7H,10H2,1-6H3;/q;-1/p+1. The number of hydrogen-bond acceptors (Lipinski definition) is 0. The van der Waals surface area contributed by atoms with Gasteiger partial charge in [0, 0.05) is 0 Å². The van der Waals surface area contributed by atoms with Gasteiger partial charge in [-0.3, -0.25) is 0 Å². The Hall–Kier alpha value is 0.215. The maximum Gasteiger partial charge on any atom is 0.673 e. The minimum atomic E-state index is -6.00. The van der Waals surface area contributed by atoms with Crippen LogP contribution in [-0.2, 0) is 0 Å². The predicted molar refractivity (Wildman–Crippen MR) is 64.0 cm³/mol. The molecule has 0 saturated heterocycles. The minimum absolute atomic E-state index is 0.455. The summed E-state index contributed by atoms with van der Waals surface area (Å²) in [4.78, 5) is 0. The molecule has 0 aliphatic carbocycles. The predicted octanol–water partition coefficient (Wildman–Crippen LogP) is 4.35. The van der Waals surface area contributed by atoms with Crippen LogP contribution in [0, 0.1) is 10.8 Å². The normalized spacial score (nSPS) is 13.8. The van der Waals surface area contributed by atoms with Gasteiger partial charge in [0.1, 0.15) is 0 Å². The van der Waals surface area contributed by atoms with Crippen molar-refractivity contribution < 1.29 is 17.3 Å². The second-order valence-electron chi connectivity index (χ2n) is 5.78. The molecule has 0 aliphatic heterocycles. The van der Waals surface area contributed by atoms with Crippen molar-refractivity contribution >= 4 is 16.5 Å². The molecule has 6 heteroatoms. The van der Waals surface area contributed by atoms with Crippen molar-refractivity contribution in [2.24, 2.45) is 10.8 Å². The Morgan fingerprint density at radius 3 is 0.933 bits per heavy atom. The van der Waals surface area contributed by atoms with E-state index in [1.165, 1.54) is 0 Å². The van der Waals surface area contributed by atoms with E-state index in [4.69, 9.17) is 0 Å². The third kappa shape index (κ3) is 14.2. The van der Waals surface area contributed by atoms with Gasteiger partial charge in [-0.05, 0) is 20.1 Å². The summed E-state index contributed by atoms with van der Waals surface area (Å²) >= 11 is 0. The molecule has 0 spiro atoms. The van der Waals surface area contributed by atoms with Gasteiger partial charge < -0.3 is 17.3 Å². The van der Waals surface area contributed by atoms with Crippen LogP contribution in [0.3, 0.4) is 0 Å². The first-order valence-electron chi connectivity index (χ1n) is 4.86. The van der Waals surface area contributed by atoms with E-state index < -0.39 is 7.25 Å². The van der Waals surface area contributed by atoms with Crippen molar-refractivity contribution in [2.75, 3.05) is 0 Å². The van der Waals surface area contributed by atoms with Gasteiger partial charge in [-0.15, -0.1) is 0 Å². The second kappa shape index (κ2) is 5.52. The van der Waals surface area contributed by atoms with Crippen LogP contribution in [0.2, 0.25) is 0 Å². The van der Waals surface area contributed by atoms with E-state index in [-0.39, 0.29) is 0 Å². The zero-order valence-electron chi connectivity index (χ0n) is 10.4. The minimum Gasteiger partial charge on any atom is -0.418 e. The molecule has 0 nitrogen and oxygen atoms in total. The molecule has 0 radical (unpaired) electrons. The van der Waals surface area contributed by atoms with Gasteiger partial charge >= 0.3 is 7.25 Å². The molecule has 1 unspecified atom stereocenters. The summed E-state index contributed by atoms with van der Waals surface area (Å²) in [5.74, 6) is 0. The Morgan fingerprint density at radius 2 is 0.933 bits per heavy atom. The quantitative estimate of drug-likeness (QED) is 0.339. The fraction of sp³-hybridized carbons (Fsp3) is 1.00. The van der Waals surface area contributed by atoms with Gasteiger partial charge in [0.05, 0.1) is 5.66 Å². The summed E-state index contributed by atoms with van der Waals surface area (Å²) in [5, 5.41) is 0. The van der Waals surface area contributed by atoms with Crippen LogP contribution >= 0.6 is 9.24 Å². The summed E-state index contributed by atoms with van der Waals surface area (Å²) in [6.45, 7) is 13.9. The monoisotopic (exact) mass is 248 g/mol. The first-order valence-corrected chi connectivity index (χ1v) is 5.67. The molecule has 0 aliphatic rings. The molecule has 0 aromatic heterocycles. The summed E-state index contributed by atoms with van der Waals surface area (Å²) in [6, 6.07) is 0. The van der Waals surface area contributed by atoms with Gasteiger partial charge in [0.25, 0.3) is 0 Å². The summed E-state index contributed by atoms with van der Waals surface area (Å²) < 4.78 is 39.0. The zero-order valence-corrected chi connectivity index (χ0v) is 11.8. The van der Waals surface area contributed by atoms with Gasteiger partial charge in [0.2, 0.25) is 0 Å². The van der Waals surface area contributed by atoms with Gasteiger partial charge in [-0.25, -0.2) is 0 Å². The van der Waals surface area contributed by atoms with Crippen LogP contribution < -0.4 is 0 Å². The van der Waals surface area contributed by atoms with Crippen LogP contribution in [-0.4, -0.2) is 12.9 Å². The maximum absolute atomic E-state index is 9.75. The average molecular weight is 248 g/mol. The molecular weight excluding hydrogens is 226 g/mol. The molecule has 0 fully saturated rings. The van der Waals surface area contributed by atoms with Crippen LogP contribution in [0.25, 0.3) is 0 Å². The smallest absolute Gasteiger partial charge is 0.418 e. The Bertz CT molecular complexity index is 158. The topological polar surface area (TPSA) is 0 Å². The van der Waals surface area contributed by atoms with E-state index in [0.717, 1.165) is 5.66 Å². The number of halogens is 4. The average Bonchev–Trinajstić information content (AvgIpc) is 1.77. The van der Waals surface area contributed by atoms with Gasteiger partial charge in [-0.1, -0.05) is 41.5 Å². The first kappa shape index (κ1) is 17.6. The highest BCUT2D eigenvalue weighted by Gasteiger charge is 2.34. The lowest BCUT2D eigenvalue weighted by Crippen LogP contribution is -2.32. The molecule has 94 valence electrons. The van der Waals surface area contributed by atoms with Crippen LogP contribution in [0.1, 0.15) is 41.5 Å². The number of hydrogen-bond donors (Lipinski definition) is 0. The first-order chi connectivity index (χ1) is 6.15. The van der Waals surface area contributed by atoms with E-state index in [9.17, 15) is 17.3 Å². The third-order valence-electron chi connectivity index (χ3n) is 2.09. The molecule has 15 heavy (non-hydrogen) atoms. The molecule has 0 rings (SSSR count). The lowest BCUT2D eigenvalue weighted by atomic mass is 9.77. The Kier molecular flexibility index (Phi) is 6.47. The fourth-order valence-corrected chi connectivity index (χ4v) is 1.30. The van der Waals surface area contributed by atoms with E-state index >= 15 is 0 Å². The van der Waals surface area contributed by atoms with Crippen molar-refractivity contribution in [3.05, 3.63) is 0 Å². The van der Waals surface area contributed by atoms with E-state index in [0.29, 0.717) is 10.8 Å². The molecule has 0 bridgehead atoms. The van der Waals surface area contributed by atoms with E-state index in [1.807, 2.05) is 0 Å². The maximum atomic E-state index is 9.75. The van der Waals surface area contributed by atoms with Gasteiger partial charge in [0.15, 0.2) is 0 Å². The van der Waals surface area contributed by atoms with Crippen molar-refractivity contribution in [1.82, 2.24) is 0 Å². The Morgan fingerprint density at radius 1 is 0.800 bits per heavy atom. The zero-order chi connectivity index (χ0) is 13.1. The summed E-state index contributed by atoms with van der Waals surface area (Å²) in [7, 11) is -3.87. The Balaban J connectivity index is 0. The van der Waals surface area contributed by atoms with Crippen LogP contribution in [0.15, 0.2) is 0 Å². The van der Waals surface area contributed by atoms with E-state index in [2.05, 4.69) is 50.8 Å². The molecule has 0 aromatic carbocycles. The highest BCUT2D eigenvalue weighted by atomic mass is 31.0. The van der Waals surface area contributed by atoms with Crippen LogP contribution in [0.4, 0.5) is 17.3 Å². The van der Waals surface area contributed by atoms with Crippen molar-refractivity contribution in [2.45, 2.75) is 47.2 Å². The van der Waals surface area contributed by atoms with Gasteiger partial charge in [-0.2, -0.15) is 0 Å².